The summed E-state index contributed by atoms with van der Waals surface area (Å²) in [6, 6.07) is 0. The Morgan fingerprint density at radius 2 is 0.875 bits per heavy atom. The van der Waals surface area contributed by atoms with Crippen LogP contribution < -0.4 is 21.3 Å². The van der Waals surface area contributed by atoms with E-state index in [-0.39, 0.29) is 5.91 Å². The van der Waals surface area contributed by atoms with Crippen LogP contribution in [0.3, 0.4) is 0 Å². The first kappa shape index (κ1) is 31.3. The Labute approximate surface area is 198 Å². The number of nitrogens with one attached hydrogen (secondary N) is 4. The van der Waals surface area contributed by atoms with Crippen molar-refractivity contribution in [2.45, 2.75) is 97.3 Å². The van der Waals surface area contributed by atoms with Gasteiger partial charge in [-0.25, -0.2) is 5.06 Å². The molecule has 0 aromatic rings. The monoisotopic (exact) mass is 457 g/mol. The topological polar surface area (TPSA) is 88.7 Å². The number of unbranched alkanes of at least 4 members (excludes halogenated alkanes) is 8. The SMILES string of the molecule is CCCCCNCCCCNCCCCCNCCCCNCCCCCN(O)C(C)=O. The number of carbonyl (C=O) groups is 1. The van der Waals surface area contributed by atoms with Crippen LogP contribution in [-0.4, -0.2) is 75.1 Å². The molecule has 0 unspecified atom stereocenters. The fourth-order valence-corrected chi connectivity index (χ4v) is 3.52. The van der Waals surface area contributed by atoms with Crippen LogP contribution in [0.4, 0.5) is 0 Å². The molecule has 0 aliphatic rings. The molecule has 5 N–H and O–H groups in total. The van der Waals surface area contributed by atoms with Gasteiger partial charge in [-0.05, 0) is 110 Å². The van der Waals surface area contributed by atoms with Crippen molar-refractivity contribution >= 4 is 5.91 Å². The molecule has 7 nitrogen and oxygen atoms in total. The molecule has 0 aliphatic heterocycles. The Bertz CT molecular complexity index is 385. The minimum atomic E-state index is -0.281. The summed E-state index contributed by atoms with van der Waals surface area (Å²) in [7, 11) is 0. The first-order chi connectivity index (χ1) is 15.7. The minimum Gasteiger partial charge on any atom is -0.317 e. The Kier molecular flexibility index (Phi) is 25.9. The van der Waals surface area contributed by atoms with E-state index in [1.165, 1.54) is 84.2 Å². The van der Waals surface area contributed by atoms with E-state index < -0.39 is 0 Å². The van der Waals surface area contributed by atoms with E-state index in [9.17, 15) is 10.0 Å². The van der Waals surface area contributed by atoms with Crippen molar-refractivity contribution in [1.82, 2.24) is 26.3 Å². The van der Waals surface area contributed by atoms with Crippen LogP contribution in [0, 0.1) is 0 Å². The summed E-state index contributed by atoms with van der Waals surface area (Å²) in [6.07, 6.45) is 15.8. The summed E-state index contributed by atoms with van der Waals surface area (Å²) >= 11 is 0. The summed E-state index contributed by atoms with van der Waals surface area (Å²) in [5.74, 6) is -0.281. The molecule has 0 radical (unpaired) electrons. The zero-order chi connectivity index (χ0) is 23.5. The molecular weight excluding hydrogens is 402 g/mol. The van der Waals surface area contributed by atoms with Crippen molar-refractivity contribution in [3.8, 4) is 0 Å². The van der Waals surface area contributed by atoms with Gasteiger partial charge in [-0.15, -0.1) is 0 Å². The molecule has 0 heterocycles. The lowest BCUT2D eigenvalue weighted by atomic mass is 10.2. The quantitative estimate of drug-likeness (QED) is 0.0774. The molecule has 0 fully saturated rings. The van der Waals surface area contributed by atoms with E-state index in [1.807, 2.05) is 0 Å². The molecule has 32 heavy (non-hydrogen) atoms. The van der Waals surface area contributed by atoms with Crippen LogP contribution in [-0.2, 0) is 4.79 Å². The standard InChI is InChI=1S/C25H55N5O2/c1-3-4-7-16-26-20-11-12-21-27-17-8-5-9-18-28-22-13-14-23-29-19-10-6-15-24-30(32)25(2)31/h26-29,32H,3-24H2,1-2H3. The highest BCUT2D eigenvalue weighted by atomic mass is 16.5. The number of hydrogen-bond acceptors (Lipinski definition) is 6. The molecule has 0 saturated heterocycles. The molecule has 7 heteroatoms. The number of amides is 1. The van der Waals surface area contributed by atoms with Gasteiger partial charge in [0.2, 0.25) is 5.91 Å². The third-order valence-electron chi connectivity index (χ3n) is 5.67. The highest BCUT2D eigenvalue weighted by Crippen LogP contribution is 1.97. The Hall–Kier alpha value is -0.730. The van der Waals surface area contributed by atoms with Gasteiger partial charge < -0.3 is 21.3 Å². The second-order valence-electron chi connectivity index (χ2n) is 8.88. The van der Waals surface area contributed by atoms with Crippen LogP contribution in [0.25, 0.3) is 0 Å². The number of hydrogen-bond donors (Lipinski definition) is 5. The van der Waals surface area contributed by atoms with E-state index in [0.717, 1.165) is 63.6 Å². The van der Waals surface area contributed by atoms with Crippen LogP contribution in [0.2, 0.25) is 0 Å². The summed E-state index contributed by atoms with van der Waals surface area (Å²) in [5, 5.41) is 24.2. The number of nitrogens with zero attached hydrogens (tertiary/aromatic N) is 1. The van der Waals surface area contributed by atoms with Gasteiger partial charge in [0.1, 0.15) is 0 Å². The highest BCUT2D eigenvalue weighted by Gasteiger charge is 2.02. The zero-order valence-corrected chi connectivity index (χ0v) is 21.4. The van der Waals surface area contributed by atoms with Crippen LogP contribution in [0.1, 0.15) is 97.3 Å². The molecule has 1 amide bonds. The fraction of sp³-hybridized carbons (Fsp3) is 0.960. The van der Waals surface area contributed by atoms with Gasteiger partial charge in [0.15, 0.2) is 0 Å². The van der Waals surface area contributed by atoms with Crippen LogP contribution >= 0.6 is 0 Å². The average molecular weight is 458 g/mol. The van der Waals surface area contributed by atoms with Gasteiger partial charge in [-0.2, -0.15) is 0 Å². The summed E-state index contributed by atoms with van der Waals surface area (Å²) in [6.45, 7) is 13.1. The molecule has 0 saturated carbocycles. The average Bonchev–Trinajstić information content (AvgIpc) is 2.78. The van der Waals surface area contributed by atoms with Gasteiger partial charge in [0.25, 0.3) is 0 Å². The lowest BCUT2D eigenvalue weighted by Gasteiger charge is -2.11. The smallest absolute Gasteiger partial charge is 0.242 e. The molecular formula is C25H55N5O2. The number of hydroxylamine groups is 2. The maximum Gasteiger partial charge on any atom is 0.242 e. The number of rotatable bonds is 26. The van der Waals surface area contributed by atoms with Gasteiger partial charge in [0.05, 0.1) is 0 Å². The van der Waals surface area contributed by atoms with Crippen LogP contribution in [0.15, 0.2) is 0 Å². The second kappa shape index (κ2) is 26.5. The highest BCUT2D eigenvalue weighted by molar-refractivity contribution is 5.71. The van der Waals surface area contributed by atoms with E-state index in [1.54, 1.807) is 0 Å². The van der Waals surface area contributed by atoms with Crippen molar-refractivity contribution in [3.63, 3.8) is 0 Å². The number of carbonyl (C=O) groups excluding carboxylic acids is 1. The summed E-state index contributed by atoms with van der Waals surface area (Å²) in [5.41, 5.74) is 0. The molecule has 0 spiro atoms. The fourth-order valence-electron chi connectivity index (χ4n) is 3.52. The minimum absolute atomic E-state index is 0.281. The van der Waals surface area contributed by atoms with E-state index in [4.69, 9.17) is 0 Å². The first-order valence-corrected chi connectivity index (χ1v) is 13.5. The largest absolute Gasteiger partial charge is 0.317 e. The summed E-state index contributed by atoms with van der Waals surface area (Å²) in [4.78, 5) is 10.9. The van der Waals surface area contributed by atoms with Crippen molar-refractivity contribution in [1.29, 1.82) is 0 Å². The van der Waals surface area contributed by atoms with E-state index in [0.29, 0.717) is 6.54 Å². The molecule has 0 bridgehead atoms. The van der Waals surface area contributed by atoms with Gasteiger partial charge in [-0.3, -0.25) is 10.0 Å². The second-order valence-corrected chi connectivity index (χ2v) is 8.88. The van der Waals surface area contributed by atoms with E-state index >= 15 is 0 Å². The third kappa shape index (κ3) is 25.5. The first-order valence-electron chi connectivity index (χ1n) is 13.5. The lowest BCUT2D eigenvalue weighted by molar-refractivity contribution is -0.162. The normalized spacial score (nSPS) is 11.2. The predicted molar refractivity (Wildman–Crippen MR) is 136 cm³/mol. The van der Waals surface area contributed by atoms with Crippen molar-refractivity contribution < 1.29 is 10.0 Å². The van der Waals surface area contributed by atoms with Crippen molar-refractivity contribution in [2.24, 2.45) is 0 Å². The van der Waals surface area contributed by atoms with Crippen molar-refractivity contribution in [2.75, 3.05) is 58.9 Å². The molecule has 0 rings (SSSR count). The maximum atomic E-state index is 10.9. The molecule has 0 aromatic heterocycles. The van der Waals surface area contributed by atoms with Gasteiger partial charge in [0, 0.05) is 13.5 Å². The van der Waals surface area contributed by atoms with Crippen LogP contribution in [0.5, 0.6) is 0 Å². The molecule has 0 aliphatic carbocycles. The van der Waals surface area contributed by atoms with Gasteiger partial charge in [-0.1, -0.05) is 32.6 Å². The third-order valence-corrected chi connectivity index (χ3v) is 5.67. The Morgan fingerprint density at radius 1 is 0.562 bits per heavy atom. The van der Waals surface area contributed by atoms with Crippen molar-refractivity contribution in [3.05, 3.63) is 0 Å². The Morgan fingerprint density at radius 3 is 1.22 bits per heavy atom. The van der Waals surface area contributed by atoms with E-state index in [2.05, 4.69) is 28.2 Å². The molecule has 192 valence electrons. The lowest BCUT2D eigenvalue weighted by Crippen LogP contribution is -2.25. The van der Waals surface area contributed by atoms with Gasteiger partial charge >= 0.3 is 0 Å². The molecule has 0 aromatic carbocycles. The maximum absolute atomic E-state index is 10.9. The zero-order valence-electron chi connectivity index (χ0n) is 21.4. The Balaban J connectivity index is 3.04. The summed E-state index contributed by atoms with van der Waals surface area (Å²) < 4.78 is 0. The predicted octanol–water partition coefficient (Wildman–Crippen LogP) is 3.67. The molecule has 0 atom stereocenters.